The third kappa shape index (κ3) is 2.80. The third-order valence-corrected chi connectivity index (χ3v) is 3.81. The summed E-state index contributed by atoms with van der Waals surface area (Å²) >= 11 is 5.02. The highest BCUT2D eigenvalue weighted by atomic mass is 32.1. The molecule has 102 valence electrons. The molecule has 1 aliphatic carbocycles. The van der Waals surface area contributed by atoms with Crippen molar-refractivity contribution in [1.82, 2.24) is 4.90 Å². The van der Waals surface area contributed by atoms with E-state index in [2.05, 4.69) is 4.74 Å². The maximum absolute atomic E-state index is 12.5. The van der Waals surface area contributed by atoms with E-state index in [-0.39, 0.29) is 17.4 Å². The number of amides is 1. The molecule has 5 nitrogen and oxygen atoms in total. The molecule has 1 rings (SSSR count). The number of rotatable bonds is 6. The first-order valence-electron chi connectivity index (χ1n) is 6.14. The molecule has 0 aliphatic heterocycles. The van der Waals surface area contributed by atoms with Crippen molar-refractivity contribution in [2.45, 2.75) is 32.6 Å². The molecule has 0 radical (unpaired) electrons. The van der Waals surface area contributed by atoms with Crippen LogP contribution >= 0.6 is 12.2 Å². The first kappa shape index (κ1) is 14.9. The Labute approximate surface area is 113 Å². The van der Waals surface area contributed by atoms with Crippen LogP contribution in [-0.2, 0) is 14.3 Å². The predicted octanol–water partition coefficient (Wildman–Crippen LogP) is 0.854. The number of hydrogen-bond acceptors (Lipinski definition) is 4. The van der Waals surface area contributed by atoms with E-state index in [1.807, 2.05) is 6.92 Å². The number of ether oxygens (including phenoxy) is 1. The van der Waals surface area contributed by atoms with Gasteiger partial charge in [0.1, 0.15) is 6.54 Å². The van der Waals surface area contributed by atoms with Gasteiger partial charge in [-0.3, -0.25) is 9.59 Å². The van der Waals surface area contributed by atoms with E-state index in [1.54, 1.807) is 0 Å². The molecule has 0 bridgehead atoms. The maximum Gasteiger partial charge on any atom is 0.325 e. The number of carbonyl (C=O) groups excluding carboxylic acids is 2. The normalized spacial score (nSPS) is 16.6. The zero-order valence-corrected chi connectivity index (χ0v) is 11.7. The Morgan fingerprint density at radius 1 is 1.44 bits per heavy atom. The molecule has 1 aliphatic rings. The molecule has 1 amide bonds. The SMILES string of the molecule is CCCN(CC(=O)OC)C(=O)C1(C(N)=S)CCC1. The third-order valence-electron chi connectivity index (χ3n) is 3.42. The Morgan fingerprint density at radius 3 is 2.39 bits per heavy atom. The maximum atomic E-state index is 12.5. The zero-order valence-electron chi connectivity index (χ0n) is 10.9. The average molecular weight is 272 g/mol. The second-order valence-corrected chi connectivity index (χ2v) is 5.04. The van der Waals surface area contributed by atoms with Gasteiger partial charge < -0.3 is 15.4 Å². The Bertz CT molecular complexity index is 353. The Morgan fingerprint density at radius 2 is 2.06 bits per heavy atom. The van der Waals surface area contributed by atoms with Crippen molar-refractivity contribution in [3.8, 4) is 0 Å². The van der Waals surface area contributed by atoms with Gasteiger partial charge in [-0.15, -0.1) is 0 Å². The van der Waals surface area contributed by atoms with Gasteiger partial charge in [-0.05, 0) is 19.3 Å². The summed E-state index contributed by atoms with van der Waals surface area (Å²) in [5.74, 6) is -0.553. The fourth-order valence-corrected chi connectivity index (χ4v) is 2.43. The van der Waals surface area contributed by atoms with Gasteiger partial charge in [0.15, 0.2) is 0 Å². The lowest BCUT2D eigenvalue weighted by atomic mass is 9.67. The molecule has 0 spiro atoms. The lowest BCUT2D eigenvalue weighted by molar-refractivity contribution is -0.151. The van der Waals surface area contributed by atoms with E-state index in [1.165, 1.54) is 12.0 Å². The monoisotopic (exact) mass is 272 g/mol. The topological polar surface area (TPSA) is 72.6 Å². The number of hydrogen-bond donors (Lipinski definition) is 1. The van der Waals surface area contributed by atoms with Gasteiger partial charge >= 0.3 is 5.97 Å². The highest BCUT2D eigenvalue weighted by molar-refractivity contribution is 7.80. The van der Waals surface area contributed by atoms with E-state index in [4.69, 9.17) is 18.0 Å². The van der Waals surface area contributed by atoms with Gasteiger partial charge in [0, 0.05) is 6.54 Å². The van der Waals surface area contributed by atoms with E-state index < -0.39 is 11.4 Å². The van der Waals surface area contributed by atoms with Crippen LogP contribution in [0.15, 0.2) is 0 Å². The molecule has 0 atom stereocenters. The predicted molar refractivity (Wildman–Crippen MR) is 72.0 cm³/mol. The quantitative estimate of drug-likeness (QED) is 0.573. The fourth-order valence-electron chi connectivity index (χ4n) is 2.14. The van der Waals surface area contributed by atoms with E-state index in [0.717, 1.165) is 12.8 Å². The molecule has 1 fully saturated rings. The summed E-state index contributed by atoms with van der Waals surface area (Å²) < 4.78 is 4.61. The lowest BCUT2D eigenvalue weighted by Crippen LogP contribution is -2.55. The van der Waals surface area contributed by atoms with Gasteiger partial charge in [0.25, 0.3) is 0 Å². The Hall–Kier alpha value is -1.17. The second kappa shape index (κ2) is 6.13. The molecule has 0 aromatic rings. The number of nitrogens with zero attached hydrogens (tertiary/aromatic N) is 1. The number of nitrogens with two attached hydrogens (primary N) is 1. The molecule has 6 heteroatoms. The van der Waals surface area contributed by atoms with Crippen molar-refractivity contribution in [2.24, 2.45) is 11.1 Å². The molecule has 0 aromatic carbocycles. The van der Waals surface area contributed by atoms with E-state index in [9.17, 15) is 9.59 Å². The Balaban J connectivity index is 2.81. The van der Waals surface area contributed by atoms with Crippen molar-refractivity contribution in [2.75, 3.05) is 20.2 Å². The van der Waals surface area contributed by atoms with Gasteiger partial charge in [-0.25, -0.2) is 0 Å². The Kier molecular flexibility index (Phi) is 5.07. The van der Waals surface area contributed by atoms with Crippen LogP contribution in [0.5, 0.6) is 0 Å². The number of esters is 1. The van der Waals surface area contributed by atoms with Crippen LogP contribution in [0.4, 0.5) is 0 Å². The summed E-state index contributed by atoms with van der Waals surface area (Å²) in [4.78, 5) is 25.5. The van der Waals surface area contributed by atoms with Gasteiger partial charge in [0.05, 0.1) is 17.5 Å². The molecule has 0 heterocycles. The van der Waals surface area contributed by atoms with Crippen LogP contribution in [0.3, 0.4) is 0 Å². The van der Waals surface area contributed by atoms with Gasteiger partial charge in [-0.1, -0.05) is 25.6 Å². The van der Waals surface area contributed by atoms with Crippen molar-refractivity contribution in [1.29, 1.82) is 0 Å². The number of thiocarbonyl (C=S) groups is 1. The summed E-state index contributed by atoms with van der Waals surface area (Å²) in [5, 5.41) is 0. The molecule has 18 heavy (non-hydrogen) atoms. The van der Waals surface area contributed by atoms with Crippen LogP contribution < -0.4 is 5.73 Å². The first-order chi connectivity index (χ1) is 8.47. The molecular formula is C12H20N2O3S. The summed E-state index contributed by atoms with van der Waals surface area (Å²) in [6.45, 7) is 2.43. The van der Waals surface area contributed by atoms with Crippen LogP contribution in [0.25, 0.3) is 0 Å². The van der Waals surface area contributed by atoms with E-state index >= 15 is 0 Å². The number of carbonyl (C=O) groups is 2. The molecule has 1 saturated carbocycles. The van der Waals surface area contributed by atoms with Crippen molar-refractivity contribution >= 4 is 29.1 Å². The minimum Gasteiger partial charge on any atom is -0.468 e. The van der Waals surface area contributed by atoms with Crippen LogP contribution in [0.2, 0.25) is 0 Å². The zero-order chi connectivity index (χ0) is 13.8. The fraction of sp³-hybridized carbons (Fsp3) is 0.750. The summed E-state index contributed by atoms with van der Waals surface area (Å²) in [6.07, 6.45) is 3.09. The smallest absolute Gasteiger partial charge is 0.325 e. The van der Waals surface area contributed by atoms with Crippen molar-refractivity contribution in [3.05, 3.63) is 0 Å². The molecule has 2 N–H and O–H groups in total. The second-order valence-electron chi connectivity index (χ2n) is 4.60. The first-order valence-corrected chi connectivity index (χ1v) is 6.55. The van der Waals surface area contributed by atoms with Crippen molar-refractivity contribution < 1.29 is 14.3 Å². The van der Waals surface area contributed by atoms with Crippen LogP contribution in [-0.4, -0.2) is 42.0 Å². The largest absolute Gasteiger partial charge is 0.468 e. The summed E-state index contributed by atoms with van der Waals surface area (Å²) in [6, 6.07) is 0. The summed E-state index contributed by atoms with van der Waals surface area (Å²) in [7, 11) is 1.31. The minimum atomic E-state index is -0.724. The van der Waals surface area contributed by atoms with Gasteiger partial charge in [0.2, 0.25) is 5.91 Å². The molecule has 0 saturated heterocycles. The van der Waals surface area contributed by atoms with Crippen molar-refractivity contribution in [3.63, 3.8) is 0 Å². The standard InChI is InChI=1S/C12H20N2O3S/c1-3-7-14(8-9(15)17-2)11(16)12(10(13)18)5-4-6-12/h3-8H2,1-2H3,(H2,13,18). The average Bonchev–Trinajstić information content (AvgIpc) is 2.26. The molecule has 0 aromatic heterocycles. The number of methoxy groups -OCH3 is 1. The van der Waals surface area contributed by atoms with Crippen LogP contribution in [0.1, 0.15) is 32.6 Å². The molecule has 0 unspecified atom stereocenters. The molecular weight excluding hydrogens is 252 g/mol. The lowest BCUT2D eigenvalue weighted by Gasteiger charge is -2.42. The highest BCUT2D eigenvalue weighted by Crippen LogP contribution is 2.42. The summed E-state index contributed by atoms with van der Waals surface area (Å²) in [5.41, 5.74) is 4.97. The van der Waals surface area contributed by atoms with Crippen LogP contribution in [0, 0.1) is 5.41 Å². The van der Waals surface area contributed by atoms with E-state index in [0.29, 0.717) is 19.4 Å². The highest BCUT2D eigenvalue weighted by Gasteiger charge is 2.49. The minimum absolute atomic E-state index is 0.0342. The van der Waals surface area contributed by atoms with Gasteiger partial charge in [-0.2, -0.15) is 0 Å².